The van der Waals surface area contributed by atoms with E-state index in [2.05, 4.69) is 17.9 Å². The van der Waals surface area contributed by atoms with Crippen LogP contribution in [-0.4, -0.2) is 28.9 Å². The van der Waals surface area contributed by atoms with E-state index in [1.807, 2.05) is 18.2 Å². The molecule has 1 aliphatic heterocycles. The van der Waals surface area contributed by atoms with E-state index in [4.69, 9.17) is 0 Å². The van der Waals surface area contributed by atoms with Gasteiger partial charge in [0.2, 0.25) is 0 Å². The van der Waals surface area contributed by atoms with Gasteiger partial charge in [-0.3, -0.25) is 9.69 Å². The molecule has 3 rings (SSSR count). The fourth-order valence-corrected chi connectivity index (χ4v) is 3.61. The van der Waals surface area contributed by atoms with Crippen LogP contribution in [0.3, 0.4) is 0 Å². The van der Waals surface area contributed by atoms with Crippen molar-refractivity contribution in [2.45, 2.75) is 51.2 Å². The van der Waals surface area contributed by atoms with Gasteiger partial charge in [0, 0.05) is 6.54 Å². The molecule has 3 heteroatoms. The molecule has 0 bridgehead atoms. The van der Waals surface area contributed by atoms with E-state index >= 15 is 0 Å². The summed E-state index contributed by atoms with van der Waals surface area (Å²) in [6.07, 6.45) is 5.27. The number of carbonyl (C=O) groups is 1. The summed E-state index contributed by atoms with van der Waals surface area (Å²) in [5, 5.41) is 11.3. The van der Waals surface area contributed by atoms with Crippen LogP contribution >= 0.6 is 0 Å². The second kappa shape index (κ2) is 5.90. The first-order chi connectivity index (χ1) is 10.2. The summed E-state index contributed by atoms with van der Waals surface area (Å²) in [5.41, 5.74) is 0.725. The Bertz CT molecular complexity index is 524. The van der Waals surface area contributed by atoms with Gasteiger partial charge >= 0.3 is 0 Å². The summed E-state index contributed by atoms with van der Waals surface area (Å²) >= 11 is 0. The minimum Gasteiger partial charge on any atom is -0.377 e. The molecule has 1 fully saturated rings. The third-order valence-electron chi connectivity index (χ3n) is 5.14. The Balaban J connectivity index is 1.97. The Kier molecular flexibility index (Phi) is 4.14. The number of hydrogen-bond acceptors (Lipinski definition) is 3. The third kappa shape index (κ3) is 2.53. The van der Waals surface area contributed by atoms with Gasteiger partial charge in [-0.25, -0.2) is 0 Å². The topological polar surface area (TPSA) is 40.5 Å². The number of unbranched alkanes of at least 4 members (excludes halogenated alkanes) is 1. The van der Waals surface area contributed by atoms with Gasteiger partial charge in [0.15, 0.2) is 11.4 Å². The first-order valence-electron chi connectivity index (χ1n) is 8.22. The van der Waals surface area contributed by atoms with Crippen LogP contribution in [0.1, 0.15) is 50.2 Å². The Morgan fingerprint density at radius 2 is 2.05 bits per heavy atom. The van der Waals surface area contributed by atoms with Crippen LogP contribution in [0.25, 0.3) is 0 Å². The number of ketones is 1. The van der Waals surface area contributed by atoms with Crippen LogP contribution in [0.4, 0.5) is 0 Å². The van der Waals surface area contributed by atoms with Crippen LogP contribution in [-0.2, 0) is 16.9 Å². The van der Waals surface area contributed by atoms with Crippen molar-refractivity contribution in [3.63, 3.8) is 0 Å². The first-order valence-corrected chi connectivity index (χ1v) is 8.22. The lowest BCUT2D eigenvalue weighted by molar-refractivity contribution is -0.149. The summed E-state index contributed by atoms with van der Waals surface area (Å²) in [6.45, 7) is 4.24. The van der Waals surface area contributed by atoms with E-state index in [0.29, 0.717) is 6.54 Å². The number of hydrogen-bond donors (Lipinski definition) is 1. The van der Waals surface area contributed by atoms with Gasteiger partial charge in [-0.1, -0.05) is 44.0 Å². The van der Waals surface area contributed by atoms with Crippen molar-refractivity contribution in [2.24, 2.45) is 5.92 Å². The molecule has 21 heavy (non-hydrogen) atoms. The Morgan fingerprint density at radius 1 is 1.29 bits per heavy atom. The van der Waals surface area contributed by atoms with Gasteiger partial charge in [0.1, 0.15) is 0 Å². The van der Waals surface area contributed by atoms with Gasteiger partial charge < -0.3 is 5.11 Å². The maximum Gasteiger partial charge on any atom is 0.183 e. The SMILES string of the molecule is CCCCN1CC(=O)C(O)(C2CCC2)c2ccccc2C1. The average molecular weight is 287 g/mol. The van der Waals surface area contributed by atoms with E-state index in [1.165, 1.54) is 0 Å². The predicted octanol–water partition coefficient (Wildman–Crippen LogP) is 2.86. The predicted molar refractivity (Wildman–Crippen MR) is 82.9 cm³/mol. The normalized spacial score (nSPS) is 27.0. The highest BCUT2D eigenvalue weighted by molar-refractivity contribution is 5.91. The number of carbonyl (C=O) groups excluding carboxylic acids is 1. The Hall–Kier alpha value is -1.19. The lowest BCUT2D eigenvalue weighted by Crippen LogP contribution is -2.48. The number of rotatable bonds is 4. The molecular formula is C18H25NO2. The number of Topliss-reactive ketones (excluding diaryl/α,β-unsaturated/α-hetero) is 1. The summed E-state index contributed by atoms with van der Waals surface area (Å²) < 4.78 is 0. The van der Waals surface area contributed by atoms with Gasteiger partial charge in [0.25, 0.3) is 0 Å². The molecule has 0 saturated heterocycles. The highest BCUT2D eigenvalue weighted by Crippen LogP contribution is 2.45. The number of benzene rings is 1. The summed E-state index contributed by atoms with van der Waals surface area (Å²) in [5.74, 6) is 0.102. The smallest absolute Gasteiger partial charge is 0.183 e. The van der Waals surface area contributed by atoms with Crippen LogP contribution in [0.15, 0.2) is 24.3 Å². The molecule has 114 valence electrons. The molecule has 0 radical (unpaired) electrons. The average Bonchev–Trinajstić information content (AvgIpc) is 2.52. The molecular weight excluding hydrogens is 262 g/mol. The second-order valence-corrected chi connectivity index (χ2v) is 6.54. The molecule has 1 heterocycles. The molecule has 1 aliphatic carbocycles. The van der Waals surface area contributed by atoms with E-state index in [-0.39, 0.29) is 11.7 Å². The molecule has 2 aliphatic rings. The highest BCUT2D eigenvalue weighted by Gasteiger charge is 2.49. The van der Waals surface area contributed by atoms with Crippen LogP contribution in [0.2, 0.25) is 0 Å². The quantitative estimate of drug-likeness (QED) is 0.925. The van der Waals surface area contributed by atoms with Gasteiger partial charge in [0.05, 0.1) is 6.54 Å². The molecule has 0 amide bonds. The van der Waals surface area contributed by atoms with E-state index in [1.54, 1.807) is 0 Å². The standard InChI is InChI=1S/C18H25NO2/c1-2-3-11-19-12-14-7-4-5-10-16(14)18(21,17(20)13-19)15-8-6-9-15/h4-5,7,10,15,21H,2-3,6,8-9,11-13H2,1H3. The Morgan fingerprint density at radius 3 is 2.71 bits per heavy atom. The zero-order valence-electron chi connectivity index (χ0n) is 12.8. The van der Waals surface area contributed by atoms with Crippen molar-refractivity contribution in [2.75, 3.05) is 13.1 Å². The molecule has 1 N–H and O–H groups in total. The molecule has 1 saturated carbocycles. The lowest BCUT2D eigenvalue weighted by atomic mass is 9.67. The zero-order chi connectivity index (χ0) is 14.9. The van der Waals surface area contributed by atoms with E-state index in [9.17, 15) is 9.90 Å². The second-order valence-electron chi connectivity index (χ2n) is 6.54. The maximum absolute atomic E-state index is 12.8. The fourth-order valence-electron chi connectivity index (χ4n) is 3.61. The highest BCUT2D eigenvalue weighted by atomic mass is 16.3. The minimum absolute atomic E-state index is 0.00625. The fraction of sp³-hybridized carbons (Fsp3) is 0.611. The van der Waals surface area contributed by atoms with E-state index < -0.39 is 5.60 Å². The van der Waals surface area contributed by atoms with Crippen molar-refractivity contribution >= 4 is 5.78 Å². The minimum atomic E-state index is -1.25. The molecule has 1 atom stereocenters. The van der Waals surface area contributed by atoms with Gasteiger partial charge in [-0.05, 0) is 42.9 Å². The zero-order valence-corrected chi connectivity index (χ0v) is 12.8. The van der Waals surface area contributed by atoms with Gasteiger partial charge in [-0.2, -0.15) is 0 Å². The summed E-state index contributed by atoms with van der Waals surface area (Å²) in [6, 6.07) is 7.97. The first kappa shape index (κ1) is 14.7. The third-order valence-corrected chi connectivity index (χ3v) is 5.14. The maximum atomic E-state index is 12.8. The van der Waals surface area contributed by atoms with Crippen LogP contribution in [0, 0.1) is 5.92 Å². The van der Waals surface area contributed by atoms with E-state index in [0.717, 1.165) is 56.3 Å². The van der Waals surface area contributed by atoms with Crippen LogP contribution in [0.5, 0.6) is 0 Å². The summed E-state index contributed by atoms with van der Waals surface area (Å²) in [4.78, 5) is 15.0. The van der Waals surface area contributed by atoms with Crippen molar-refractivity contribution in [3.05, 3.63) is 35.4 Å². The number of fused-ring (bicyclic) bond motifs is 1. The number of nitrogens with zero attached hydrogens (tertiary/aromatic N) is 1. The van der Waals surface area contributed by atoms with Crippen molar-refractivity contribution < 1.29 is 9.90 Å². The molecule has 1 unspecified atom stereocenters. The molecule has 1 aromatic carbocycles. The molecule has 1 aromatic rings. The molecule has 0 spiro atoms. The monoisotopic (exact) mass is 287 g/mol. The van der Waals surface area contributed by atoms with Crippen molar-refractivity contribution in [1.82, 2.24) is 4.90 Å². The molecule has 3 nitrogen and oxygen atoms in total. The van der Waals surface area contributed by atoms with Crippen LogP contribution < -0.4 is 0 Å². The van der Waals surface area contributed by atoms with Crippen molar-refractivity contribution in [3.8, 4) is 0 Å². The molecule has 0 aromatic heterocycles. The largest absolute Gasteiger partial charge is 0.377 e. The Labute approximate surface area is 127 Å². The summed E-state index contributed by atoms with van der Waals surface area (Å²) in [7, 11) is 0. The van der Waals surface area contributed by atoms with Gasteiger partial charge in [-0.15, -0.1) is 0 Å². The lowest BCUT2D eigenvalue weighted by Gasteiger charge is -2.40. The van der Waals surface area contributed by atoms with Crippen molar-refractivity contribution in [1.29, 1.82) is 0 Å². The number of aliphatic hydroxyl groups is 1.